The Morgan fingerprint density at radius 1 is 0.897 bits per heavy atom. The zero-order valence-electron chi connectivity index (χ0n) is 15.4. The van der Waals surface area contributed by atoms with E-state index in [0.29, 0.717) is 5.52 Å². The number of aryl methyl sites for hydroxylation is 1. The molecule has 4 aromatic rings. The fourth-order valence-corrected chi connectivity index (χ4v) is 3.32. The molecule has 0 unspecified atom stereocenters. The first-order chi connectivity index (χ1) is 13.7. The van der Waals surface area contributed by atoms with Gasteiger partial charge in [0.25, 0.3) is 5.79 Å². The van der Waals surface area contributed by atoms with Gasteiger partial charge in [0, 0.05) is 11.3 Å². The zero-order chi connectivity index (χ0) is 20.8. The third-order valence-electron chi connectivity index (χ3n) is 4.93. The predicted octanol–water partition coefficient (Wildman–Crippen LogP) is 4.70. The summed E-state index contributed by atoms with van der Waals surface area (Å²) in [5, 5.41) is 19.0. The van der Waals surface area contributed by atoms with Crippen LogP contribution in [0.2, 0.25) is 0 Å². The van der Waals surface area contributed by atoms with Crippen molar-refractivity contribution in [3.63, 3.8) is 0 Å². The van der Waals surface area contributed by atoms with Crippen molar-refractivity contribution in [2.24, 2.45) is 0 Å². The van der Waals surface area contributed by atoms with Crippen LogP contribution in [-0.2, 0) is 5.79 Å². The summed E-state index contributed by atoms with van der Waals surface area (Å²) in [4.78, 5) is 4.14. The maximum atomic E-state index is 12.9. The van der Waals surface area contributed by atoms with Crippen LogP contribution in [0.5, 0.6) is 0 Å². The normalized spacial score (nSPS) is 12.5. The maximum absolute atomic E-state index is 12.9. The van der Waals surface area contributed by atoms with E-state index < -0.39 is 17.5 Å². The minimum absolute atomic E-state index is 0.223. The molecule has 0 amide bonds. The Bertz CT molecular complexity index is 1200. The van der Waals surface area contributed by atoms with E-state index >= 15 is 0 Å². The predicted molar refractivity (Wildman–Crippen MR) is 103 cm³/mol. The molecule has 1 heterocycles. The number of hydrogen-bond acceptors (Lipinski definition) is 3. The lowest BCUT2D eigenvalue weighted by Crippen LogP contribution is -2.41. The number of nitrogens with zero attached hydrogens (tertiary/aromatic N) is 2. The second-order valence-corrected chi connectivity index (χ2v) is 6.85. The fourth-order valence-electron chi connectivity index (χ4n) is 3.32. The van der Waals surface area contributed by atoms with Crippen molar-refractivity contribution in [3.05, 3.63) is 84.2 Å². The van der Waals surface area contributed by atoms with Gasteiger partial charge >= 0.3 is 6.18 Å². The maximum Gasteiger partial charge on any atom is 0.447 e. The van der Waals surface area contributed by atoms with Crippen molar-refractivity contribution in [3.8, 4) is 16.8 Å². The summed E-state index contributed by atoms with van der Waals surface area (Å²) in [5.41, 5.74) is 4.08. The van der Waals surface area contributed by atoms with Gasteiger partial charge in [0.15, 0.2) is 0 Å². The molecule has 0 saturated heterocycles. The van der Waals surface area contributed by atoms with Gasteiger partial charge < -0.3 is 10.2 Å². The second kappa shape index (κ2) is 6.72. The first kappa shape index (κ1) is 19.2. The molecule has 4 nitrogen and oxygen atoms in total. The van der Waals surface area contributed by atoms with Gasteiger partial charge in [-0.3, -0.25) is 4.57 Å². The summed E-state index contributed by atoms with van der Waals surface area (Å²) in [7, 11) is 0. The van der Waals surface area contributed by atoms with Crippen LogP contribution in [0.4, 0.5) is 13.2 Å². The largest absolute Gasteiger partial charge is 0.447 e. The Morgan fingerprint density at radius 2 is 1.66 bits per heavy atom. The highest BCUT2D eigenvalue weighted by molar-refractivity contribution is 5.79. The Labute approximate surface area is 164 Å². The quantitative estimate of drug-likeness (QED) is 0.492. The lowest BCUT2D eigenvalue weighted by Gasteiger charge is -2.24. The van der Waals surface area contributed by atoms with E-state index in [2.05, 4.69) is 4.98 Å². The van der Waals surface area contributed by atoms with Gasteiger partial charge in [-0.05, 0) is 47.9 Å². The molecule has 0 spiro atoms. The number of imidazole rings is 1. The molecule has 0 aliphatic rings. The van der Waals surface area contributed by atoms with E-state index in [9.17, 15) is 23.4 Å². The molecular weight excluding hydrogens is 381 g/mol. The van der Waals surface area contributed by atoms with Gasteiger partial charge in [-0.25, -0.2) is 4.98 Å². The van der Waals surface area contributed by atoms with Gasteiger partial charge in [0.2, 0.25) is 0 Å². The molecule has 1 aromatic heterocycles. The lowest BCUT2D eigenvalue weighted by atomic mass is 10.0. The van der Waals surface area contributed by atoms with Crippen LogP contribution >= 0.6 is 0 Å². The number of halogens is 3. The van der Waals surface area contributed by atoms with E-state index in [0.717, 1.165) is 34.5 Å². The molecule has 0 saturated carbocycles. The first-order valence-corrected chi connectivity index (χ1v) is 8.84. The average Bonchev–Trinajstić information content (AvgIpc) is 3.11. The summed E-state index contributed by atoms with van der Waals surface area (Å²) >= 11 is 0. The molecule has 0 fully saturated rings. The molecule has 0 radical (unpaired) electrons. The molecule has 3 aromatic carbocycles. The molecule has 29 heavy (non-hydrogen) atoms. The van der Waals surface area contributed by atoms with Crippen LogP contribution in [0, 0.1) is 6.92 Å². The van der Waals surface area contributed by atoms with Gasteiger partial charge in [0.05, 0.1) is 11.0 Å². The number of hydrogen-bond donors (Lipinski definition) is 2. The van der Waals surface area contributed by atoms with Crippen LogP contribution in [-0.4, -0.2) is 25.9 Å². The lowest BCUT2D eigenvalue weighted by molar-refractivity contribution is -0.358. The first-order valence-electron chi connectivity index (χ1n) is 8.84. The molecule has 148 valence electrons. The topological polar surface area (TPSA) is 58.3 Å². The van der Waals surface area contributed by atoms with Crippen molar-refractivity contribution < 1.29 is 23.4 Å². The highest BCUT2D eigenvalue weighted by Gasteiger charge is 2.54. The standard InChI is InChI=1S/C22H17F3N2O2/c1-14-5-2-3-8-18(14)15-6-4-7-17(11-15)27-13-26-19-12-16(9-10-20(19)27)21(28,29)22(23,24)25/h2-13,28-29H,1H3. The Balaban J connectivity index is 1.79. The van der Waals surface area contributed by atoms with Gasteiger partial charge in [0.1, 0.15) is 6.33 Å². The summed E-state index contributed by atoms with van der Waals surface area (Å²) in [6.07, 6.45) is -3.72. The van der Waals surface area contributed by atoms with Crippen molar-refractivity contribution >= 4 is 11.0 Å². The number of benzene rings is 3. The highest BCUT2D eigenvalue weighted by atomic mass is 19.4. The van der Waals surface area contributed by atoms with Crippen molar-refractivity contribution in [2.45, 2.75) is 18.9 Å². The van der Waals surface area contributed by atoms with Crippen molar-refractivity contribution in [2.75, 3.05) is 0 Å². The van der Waals surface area contributed by atoms with E-state index in [1.807, 2.05) is 55.5 Å². The van der Waals surface area contributed by atoms with Crippen molar-refractivity contribution in [1.29, 1.82) is 0 Å². The molecule has 0 bridgehead atoms. The van der Waals surface area contributed by atoms with Crippen LogP contribution in [0.25, 0.3) is 27.8 Å². The molecule has 0 aliphatic carbocycles. The third-order valence-corrected chi connectivity index (χ3v) is 4.93. The minimum Gasteiger partial charge on any atom is -0.355 e. The van der Waals surface area contributed by atoms with Crippen LogP contribution < -0.4 is 0 Å². The summed E-state index contributed by atoms with van der Waals surface area (Å²) in [5.74, 6) is -3.93. The SMILES string of the molecule is Cc1ccccc1-c1cccc(-n2cnc3cc(C(O)(O)C(F)(F)F)ccc32)c1. The average molecular weight is 398 g/mol. The number of fused-ring (bicyclic) bond motifs is 1. The molecule has 7 heteroatoms. The van der Waals surface area contributed by atoms with E-state index in [-0.39, 0.29) is 5.52 Å². The van der Waals surface area contributed by atoms with Crippen LogP contribution in [0.3, 0.4) is 0 Å². The monoisotopic (exact) mass is 398 g/mol. The zero-order valence-corrected chi connectivity index (χ0v) is 15.4. The highest BCUT2D eigenvalue weighted by Crippen LogP contribution is 2.37. The molecule has 2 N–H and O–H groups in total. The molecule has 0 aliphatic heterocycles. The number of rotatable bonds is 3. The van der Waals surface area contributed by atoms with Crippen LogP contribution in [0.1, 0.15) is 11.1 Å². The van der Waals surface area contributed by atoms with E-state index in [1.54, 1.807) is 4.57 Å². The second-order valence-electron chi connectivity index (χ2n) is 6.85. The van der Waals surface area contributed by atoms with Gasteiger partial charge in [-0.1, -0.05) is 42.5 Å². The minimum atomic E-state index is -5.22. The summed E-state index contributed by atoms with van der Waals surface area (Å²) < 4.78 is 40.4. The van der Waals surface area contributed by atoms with E-state index in [4.69, 9.17) is 0 Å². The van der Waals surface area contributed by atoms with Crippen molar-refractivity contribution in [1.82, 2.24) is 9.55 Å². The Hall–Kier alpha value is -3.16. The fraction of sp³-hybridized carbons (Fsp3) is 0.136. The molecule has 0 atom stereocenters. The molecule has 4 rings (SSSR count). The van der Waals surface area contributed by atoms with E-state index in [1.165, 1.54) is 12.4 Å². The third kappa shape index (κ3) is 3.28. The summed E-state index contributed by atoms with van der Waals surface area (Å²) in [6.45, 7) is 2.02. The number of alkyl halides is 3. The van der Waals surface area contributed by atoms with Crippen LogP contribution in [0.15, 0.2) is 73.1 Å². The van der Waals surface area contributed by atoms with Gasteiger partial charge in [-0.15, -0.1) is 0 Å². The Morgan fingerprint density at radius 3 is 2.38 bits per heavy atom. The number of aliphatic hydroxyl groups is 2. The summed E-state index contributed by atoms with van der Waals surface area (Å²) in [6, 6.07) is 19.1. The molecular formula is C22H17F3N2O2. The smallest absolute Gasteiger partial charge is 0.355 e. The number of aromatic nitrogens is 2. The van der Waals surface area contributed by atoms with Gasteiger partial charge in [-0.2, -0.15) is 13.2 Å². The Kier molecular flexibility index (Phi) is 4.44.